The topological polar surface area (TPSA) is 133 Å². The van der Waals surface area contributed by atoms with Gasteiger partial charge in [-0.2, -0.15) is 0 Å². The van der Waals surface area contributed by atoms with Crippen LogP contribution < -0.4 is 0 Å². The Balaban J connectivity index is 1.31. The maximum absolute atomic E-state index is 11.0. The summed E-state index contributed by atoms with van der Waals surface area (Å²) in [6.07, 6.45) is -5.12. The van der Waals surface area contributed by atoms with Crippen molar-refractivity contribution < 1.29 is 57.6 Å². The monoisotopic (exact) mass is 578 g/mol. The zero-order chi connectivity index (χ0) is 29.1. The molecule has 4 aliphatic heterocycles. The van der Waals surface area contributed by atoms with Crippen LogP contribution in [0.3, 0.4) is 0 Å². The van der Waals surface area contributed by atoms with Crippen LogP contribution in [0.1, 0.15) is 60.3 Å². The molecule has 4 heterocycles. The van der Waals surface area contributed by atoms with Gasteiger partial charge in [-0.3, -0.25) is 0 Å². The van der Waals surface area contributed by atoms with Crippen LogP contribution in [0.15, 0.2) is 0 Å². The highest BCUT2D eigenvalue weighted by atomic mass is 16.7. The lowest BCUT2D eigenvalue weighted by Crippen LogP contribution is -2.57. The Morgan fingerprint density at radius 2 is 0.925 bits per heavy atom. The minimum atomic E-state index is -0.822. The summed E-state index contributed by atoms with van der Waals surface area (Å²) >= 11 is 0. The van der Waals surface area contributed by atoms with E-state index in [0.717, 1.165) is 6.42 Å². The summed E-state index contributed by atoms with van der Waals surface area (Å²) in [5.41, 5.74) is 0. The predicted molar refractivity (Wildman–Crippen MR) is 141 cm³/mol. The standard InChI is InChI=1S/C28H50O12/c1-13-9-20(32-7)27(16(4)34-13)39-22-10-18(29)26(15(3)36-22)38-24-12-21(33-8)28(17(5)37-24)40-23-11-19(31-6)25(30)14(2)35-23/h13-30H,9-12H2,1-8H3. The van der Waals surface area contributed by atoms with E-state index in [-0.39, 0.29) is 49.1 Å². The molecular weight excluding hydrogens is 528 g/mol. The van der Waals surface area contributed by atoms with Crippen LogP contribution in [0, 0.1) is 0 Å². The van der Waals surface area contributed by atoms with Crippen molar-refractivity contribution in [2.45, 2.75) is 159 Å². The summed E-state index contributed by atoms with van der Waals surface area (Å²) < 4.78 is 59.8. The number of ether oxygens (including phenoxy) is 10. The van der Waals surface area contributed by atoms with Gasteiger partial charge in [0, 0.05) is 47.0 Å². The molecule has 4 fully saturated rings. The maximum atomic E-state index is 11.0. The van der Waals surface area contributed by atoms with Gasteiger partial charge in [0.15, 0.2) is 18.9 Å². The zero-order valence-corrected chi connectivity index (χ0v) is 25.0. The highest BCUT2D eigenvalue weighted by Crippen LogP contribution is 2.34. The fraction of sp³-hybridized carbons (Fsp3) is 1.00. The van der Waals surface area contributed by atoms with Crippen molar-refractivity contribution in [3.8, 4) is 0 Å². The molecule has 0 radical (unpaired) electrons. The second-order valence-electron chi connectivity index (χ2n) is 11.6. The van der Waals surface area contributed by atoms with Crippen molar-refractivity contribution in [2.24, 2.45) is 0 Å². The molecule has 4 aliphatic rings. The fourth-order valence-electron chi connectivity index (χ4n) is 6.37. The van der Waals surface area contributed by atoms with E-state index in [2.05, 4.69) is 0 Å². The molecule has 0 aromatic rings. The van der Waals surface area contributed by atoms with Crippen LogP contribution >= 0.6 is 0 Å². The molecule has 12 nitrogen and oxygen atoms in total. The van der Waals surface area contributed by atoms with E-state index in [1.54, 1.807) is 28.3 Å². The Bertz CT molecular complexity index is 762. The third kappa shape index (κ3) is 7.53. The average molecular weight is 579 g/mol. The minimum absolute atomic E-state index is 0.0853. The van der Waals surface area contributed by atoms with E-state index in [0.29, 0.717) is 12.8 Å². The Kier molecular flexibility index (Phi) is 11.6. The number of aliphatic hydroxyl groups is 2. The van der Waals surface area contributed by atoms with Gasteiger partial charge in [0.1, 0.15) is 24.4 Å². The molecule has 40 heavy (non-hydrogen) atoms. The molecule has 0 aliphatic carbocycles. The number of hydrogen-bond donors (Lipinski definition) is 2. The van der Waals surface area contributed by atoms with Crippen molar-refractivity contribution in [3.63, 3.8) is 0 Å². The first-order chi connectivity index (χ1) is 19.0. The SMILES string of the molecule is COC1CC(OC2C(C)OC(OC3C(O)CC(OC4C(C)OC(C)CC4OC)OC3C)CC2OC)OC(C)C1O. The highest BCUT2D eigenvalue weighted by molar-refractivity contribution is 4.90. The van der Waals surface area contributed by atoms with Crippen LogP contribution in [-0.2, 0) is 47.4 Å². The Morgan fingerprint density at radius 1 is 0.500 bits per heavy atom. The minimum Gasteiger partial charge on any atom is -0.390 e. The van der Waals surface area contributed by atoms with E-state index in [9.17, 15) is 10.2 Å². The molecular formula is C28H50O12. The molecule has 4 saturated heterocycles. The molecule has 0 amide bonds. The molecule has 0 aromatic carbocycles. The molecule has 0 bridgehead atoms. The van der Waals surface area contributed by atoms with Crippen molar-refractivity contribution >= 4 is 0 Å². The normalized spacial score (nSPS) is 50.5. The van der Waals surface area contributed by atoms with E-state index in [1.165, 1.54) is 0 Å². The zero-order valence-electron chi connectivity index (χ0n) is 25.0. The molecule has 0 spiro atoms. The average Bonchev–Trinajstić information content (AvgIpc) is 2.90. The van der Waals surface area contributed by atoms with Gasteiger partial charge >= 0.3 is 0 Å². The van der Waals surface area contributed by atoms with Gasteiger partial charge in [-0.05, 0) is 34.6 Å². The largest absolute Gasteiger partial charge is 0.390 e. The second kappa shape index (κ2) is 14.3. The molecule has 16 atom stereocenters. The van der Waals surface area contributed by atoms with E-state index >= 15 is 0 Å². The third-order valence-electron chi connectivity index (χ3n) is 8.59. The molecule has 16 unspecified atom stereocenters. The molecule has 0 aromatic heterocycles. The lowest BCUT2D eigenvalue weighted by atomic mass is 9.98. The summed E-state index contributed by atoms with van der Waals surface area (Å²) in [5.74, 6) is 0. The van der Waals surface area contributed by atoms with Crippen molar-refractivity contribution in [1.82, 2.24) is 0 Å². The van der Waals surface area contributed by atoms with Gasteiger partial charge in [-0.1, -0.05) is 0 Å². The predicted octanol–water partition coefficient (Wildman–Crippen LogP) is 1.51. The second-order valence-corrected chi connectivity index (χ2v) is 11.6. The lowest BCUT2D eigenvalue weighted by molar-refractivity contribution is -0.341. The molecule has 2 N–H and O–H groups in total. The van der Waals surface area contributed by atoms with Crippen molar-refractivity contribution in [3.05, 3.63) is 0 Å². The Morgan fingerprint density at radius 3 is 1.48 bits per heavy atom. The van der Waals surface area contributed by atoms with Crippen LogP contribution in [0.5, 0.6) is 0 Å². The molecule has 234 valence electrons. The summed E-state index contributed by atoms with van der Waals surface area (Å²) in [4.78, 5) is 0. The third-order valence-corrected chi connectivity index (χ3v) is 8.59. The van der Waals surface area contributed by atoms with Gasteiger partial charge in [0.2, 0.25) is 0 Å². The summed E-state index contributed by atoms with van der Waals surface area (Å²) in [7, 11) is 4.86. The lowest BCUT2D eigenvalue weighted by Gasteiger charge is -2.46. The fourth-order valence-corrected chi connectivity index (χ4v) is 6.37. The summed E-state index contributed by atoms with van der Waals surface area (Å²) in [6.45, 7) is 9.52. The first-order valence-corrected chi connectivity index (χ1v) is 14.6. The van der Waals surface area contributed by atoms with Gasteiger partial charge in [-0.15, -0.1) is 0 Å². The van der Waals surface area contributed by atoms with E-state index in [1.807, 2.05) is 27.7 Å². The molecule has 4 rings (SSSR count). The maximum Gasteiger partial charge on any atom is 0.161 e. The number of rotatable bonds is 9. The van der Waals surface area contributed by atoms with Gasteiger partial charge in [0.05, 0.1) is 54.9 Å². The number of hydrogen-bond acceptors (Lipinski definition) is 12. The van der Waals surface area contributed by atoms with Crippen LogP contribution in [-0.4, -0.2) is 130 Å². The first-order valence-electron chi connectivity index (χ1n) is 14.6. The highest BCUT2D eigenvalue weighted by Gasteiger charge is 2.46. The van der Waals surface area contributed by atoms with Gasteiger partial charge in [-0.25, -0.2) is 0 Å². The number of methoxy groups -OCH3 is 3. The Labute approximate surface area is 237 Å². The molecule has 0 saturated carbocycles. The van der Waals surface area contributed by atoms with Crippen LogP contribution in [0.4, 0.5) is 0 Å². The number of aliphatic hydroxyl groups excluding tert-OH is 2. The first kappa shape index (κ1) is 32.4. The van der Waals surface area contributed by atoms with Gasteiger partial charge in [0.25, 0.3) is 0 Å². The van der Waals surface area contributed by atoms with Crippen LogP contribution in [0.2, 0.25) is 0 Å². The smallest absolute Gasteiger partial charge is 0.161 e. The van der Waals surface area contributed by atoms with Gasteiger partial charge < -0.3 is 57.6 Å². The summed E-state index contributed by atoms with van der Waals surface area (Å²) in [5, 5.41) is 21.3. The van der Waals surface area contributed by atoms with Crippen LogP contribution in [0.25, 0.3) is 0 Å². The Hall–Kier alpha value is -0.480. The van der Waals surface area contributed by atoms with Crippen molar-refractivity contribution in [2.75, 3.05) is 21.3 Å². The van der Waals surface area contributed by atoms with E-state index < -0.39 is 55.5 Å². The van der Waals surface area contributed by atoms with Crippen molar-refractivity contribution in [1.29, 1.82) is 0 Å². The van der Waals surface area contributed by atoms with E-state index in [4.69, 9.17) is 47.4 Å². The summed E-state index contributed by atoms with van der Waals surface area (Å²) in [6, 6.07) is 0. The molecule has 12 heteroatoms. The quantitative estimate of drug-likeness (QED) is 0.411.